The summed E-state index contributed by atoms with van der Waals surface area (Å²) in [5.74, 6) is 0.869. The summed E-state index contributed by atoms with van der Waals surface area (Å²) >= 11 is 1.64. The summed E-state index contributed by atoms with van der Waals surface area (Å²) < 4.78 is 45.1. The monoisotopic (exact) mass is 586 g/mol. The molecule has 1 fully saturated rings. The number of carbonyl (C=O) groups is 1. The molecule has 40 heavy (non-hydrogen) atoms. The van der Waals surface area contributed by atoms with Crippen LogP contribution in [0.3, 0.4) is 0 Å². The number of carbonyl (C=O) groups excluding carboxylic acids is 1. The van der Waals surface area contributed by atoms with Crippen molar-refractivity contribution < 1.29 is 27.4 Å². The van der Waals surface area contributed by atoms with Crippen molar-refractivity contribution in [3.8, 4) is 11.5 Å². The zero-order valence-electron chi connectivity index (χ0n) is 23.4. The normalized spacial score (nSPS) is 15.3. The average molecular weight is 587 g/mol. The van der Waals surface area contributed by atoms with E-state index in [1.165, 1.54) is 4.31 Å². The SMILES string of the molecule is COc1ccc(CCN(Cc2ccc(C)s2)C(=O)CN(CC2CCCO2)S(=O)(=O)Cc2ccccc2)cc1OC. The molecule has 1 saturated heterocycles. The minimum atomic E-state index is -3.77. The molecule has 0 N–H and O–H groups in total. The van der Waals surface area contributed by atoms with Crippen molar-refractivity contribution in [1.82, 2.24) is 9.21 Å². The highest BCUT2D eigenvalue weighted by Gasteiger charge is 2.31. The number of nitrogens with zero attached hydrogens (tertiary/aromatic N) is 2. The van der Waals surface area contributed by atoms with Crippen LogP contribution >= 0.6 is 11.3 Å². The maximum atomic E-state index is 13.8. The molecule has 1 atom stereocenters. The lowest BCUT2D eigenvalue weighted by atomic mass is 10.1. The molecule has 2 heterocycles. The van der Waals surface area contributed by atoms with E-state index in [1.807, 2.05) is 55.5 Å². The van der Waals surface area contributed by atoms with E-state index in [9.17, 15) is 13.2 Å². The molecule has 8 nitrogen and oxygen atoms in total. The van der Waals surface area contributed by atoms with Gasteiger partial charge in [0.15, 0.2) is 11.5 Å². The number of aryl methyl sites for hydroxylation is 1. The molecule has 2 aromatic carbocycles. The molecule has 1 amide bonds. The van der Waals surface area contributed by atoms with Crippen molar-refractivity contribution in [3.05, 3.63) is 81.5 Å². The fraction of sp³-hybridized carbons (Fsp3) is 0.433. The van der Waals surface area contributed by atoms with Crippen LogP contribution in [-0.4, -0.2) is 70.1 Å². The van der Waals surface area contributed by atoms with E-state index in [0.29, 0.717) is 43.2 Å². The molecule has 4 rings (SSSR count). The number of hydrogen-bond donors (Lipinski definition) is 0. The molecule has 1 aliphatic heterocycles. The Morgan fingerprint density at radius 3 is 2.45 bits per heavy atom. The molecule has 1 aromatic heterocycles. The molecular weight excluding hydrogens is 548 g/mol. The predicted octanol–water partition coefficient (Wildman–Crippen LogP) is 4.66. The summed E-state index contributed by atoms with van der Waals surface area (Å²) in [6, 6.07) is 18.8. The maximum absolute atomic E-state index is 13.8. The van der Waals surface area contributed by atoms with Crippen LogP contribution in [-0.2, 0) is 38.3 Å². The highest BCUT2D eigenvalue weighted by molar-refractivity contribution is 7.88. The van der Waals surface area contributed by atoms with Crippen molar-refractivity contribution in [3.63, 3.8) is 0 Å². The summed E-state index contributed by atoms with van der Waals surface area (Å²) in [5, 5.41) is 0. The molecular formula is C30H38N2O6S2. The third-order valence-corrected chi connectivity index (χ3v) is 9.69. The Morgan fingerprint density at radius 2 is 1.80 bits per heavy atom. The van der Waals surface area contributed by atoms with Gasteiger partial charge in [-0.15, -0.1) is 11.3 Å². The number of methoxy groups -OCH3 is 2. The number of sulfonamides is 1. The average Bonchev–Trinajstić information content (AvgIpc) is 3.62. The first-order valence-corrected chi connectivity index (χ1v) is 15.9. The van der Waals surface area contributed by atoms with Crippen LogP contribution in [0.15, 0.2) is 60.7 Å². The van der Waals surface area contributed by atoms with Crippen molar-refractivity contribution in [2.45, 2.75) is 44.6 Å². The zero-order valence-corrected chi connectivity index (χ0v) is 25.0. The Labute approximate surface area is 241 Å². The van der Waals surface area contributed by atoms with E-state index in [2.05, 4.69) is 0 Å². The highest BCUT2D eigenvalue weighted by Crippen LogP contribution is 2.28. The standard InChI is InChI=1S/C30H38N2O6S2/c1-23-11-13-27(39-23)20-31(16-15-24-12-14-28(36-2)29(18-24)37-3)30(33)21-32(19-26-10-7-17-38-26)40(34,35)22-25-8-5-4-6-9-25/h4-6,8-9,11-14,18,26H,7,10,15-17,19-22H2,1-3H3. The van der Waals surface area contributed by atoms with Crippen LogP contribution in [0.25, 0.3) is 0 Å². The first-order valence-electron chi connectivity index (χ1n) is 13.4. The van der Waals surface area contributed by atoms with E-state index in [1.54, 1.807) is 42.6 Å². The van der Waals surface area contributed by atoms with E-state index in [4.69, 9.17) is 14.2 Å². The molecule has 10 heteroatoms. The fourth-order valence-electron chi connectivity index (χ4n) is 4.77. The molecule has 1 aliphatic rings. The first kappa shape index (κ1) is 30.0. The lowest BCUT2D eigenvalue weighted by Gasteiger charge is -2.28. The van der Waals surface area contributed by atoms with Gasteiger partial charge in [-0.25, -0.2) is 8.42 Å². The van der Waals surface area contributed by atoms with Gasteiger partial charge >= 0.3 is 0 Å². The van der Waals surface area contributed by atoms with Gasteiger partial charge in [-0.1, -0.05) is 36.4 Å². The first-order chi connectivity index (χ1) is 19.3. The van der Waals surface area contributed by atoms with Gasteiger partial charge < -0.3 is 19.1 Å². The summed E-state index contributed by atoms with van der Waals surface area (Å²) in [6.07, 6.45) is 2.04. The largest absolute Gasteiger partial charge is 0.493 e. The molecule has 0 bridgehead atoms. The summed E-state index contributed by atoms with van der Waals surface area (Å²) in [7, 11) is -0.581. The van der Waals surface area contributed by atoms with Crippen LogP contribution in [0.4, 0.5) is 0 Å². The van der Waals surface area contributed by atoms with Gasteiger partial charge in [-0.3, -0.25) is 4.79 Å². The van der Waals surface area contributed by atoms with E-state index < -0.39 is 10.0 Å². The number of benzene rings is 2. The van der Waals surface area contributed by atoms with Gasteiger partial charge in [0.25, 0.3) is 0 Å². The number of thiophene rings is 1. The van der Waals surface area contributed by atoms with Gasteiger partial charge in [0, 0.05) is 29.5 Å². The third kappa shape index (κ3) is 8.30. The Bertz CT molecular complexity index is 1350. The topological polar surface area (TPSA) is 85.4 Å². The van der Waals surface area contributed by atoms with Crippen LogP contribution in [0, 0.1) is 6.92 Å². The summed E-state index contributed by atoms with van der Waals surface area (Å²) in [6.45, 7) is 3.42. The zero-order chi connectivity index (χ0) is 28.5. The Kier molecular flexibility index (Phi) is 10.6. The second-order valence-electron chi connectivity index (χ2n) is 9.94. The molecule has 3 aromatic rings. The minimum Gasteiger partial charge on any atom is -0.493 e. The van der Waals surface area contributed by atoms with Gasteiger partial charge in [0.1, 0.15) is 0 Å². The van der Waals surface area contributed by atoms with Crippen molar-refractivity contribution in [1.29, 1.82) is 0 Å². The van der Waals surface area contributed by atoms with Crippen LogP contribution in [0.2, 0.25) is 0 Å². The quantitative estimate of drug-likeness (QED) is 0.273. The number of amides is 1. The van der Waals surface area contributed by atoms with E-state index in [0.717, 1.165) is 28.2 Å². The summed E-state index contributed by atoms with van der Waals surface area (Å²) in [5.41, 5.74) is 1.68. The van der Waals surface area contributed by atoms with Crippen molar-refractivity contribution in [2.75, 3.05) is 40.5 Å². The van der Waals surface area contributed by atoms with Crippen molar-refractivity contribution in [2.24, 2.45) is 0 Å². The van der Waals surface area contributed by atoms with Gasteiger partial charge in [0.05, 0.1) is 39.2 Å². The maximum Gasteiger partial charge on any atom is 0.238 e. The highest BCUT2D eigenvalue weighted by atomic mass is 32.2. The number of hydrogen-bond acceptors (Lipinski definition) is 7. The molecule has 0 aliphatic carbocycles. The third-order valence-electron chi connectivity index (χ3n) is 6.94. The van der Waals surface area contributed by atoms with Gasteiger partial charge in [0.2, 0.25) is 15.9 Å². The van der Waals surface area contributed by atoms with Gasteiger partial charge in [-0.2, -0.15) is 4.31 Å². The summed E-state index contributed by atoms with van der Waals surface area (Å²) in [4.78, 5) is 17.8. The molecule has 1 unspecified atom stereocenters. The Hall–Kier alpha value is -2.92. The molecule has 216 valence electrons. The second kappa shape index (κ2) is 14.1. The molecule has 0 saturated carbocycles. The smallest absolute Gasteiger partial charge is 0.238 e. The Morgan fingerprint density at radius 1 is 1.02 bits per heavy atom. The number of rotatable bonds is 14. The van der Waals surface area contributed by atoms with Crippen LogP contribution in [0.1, 0.15) is 33.7 Å². The van der Waals surface area contributed by atoms with E-state index in [-0.39, 0.29) is 30.9 Å². The van der Waals surface area contributed by atoms with Crippen LogP contribution in [0.5, 0.6) is 11.5 Å². The fourth-order valence-corrected chi connectivity index (χ4v) is 7.17. The van der Waals surface area contributed by atoms with Crippen molar-refractivity contribution >= 4 is 27.3 Å². The van der Waals surface area contributed by atoms with E-state index >= 15 is 0 Å². The lowest BCUT2D eigenvalue weighted by Crippen LogP contribution is -2.46. The predicted molar refractivity (Wildman–Crippen MR) is 157 cm³/mol. The molecule has 0 spiro atoms. The van der Waals surface area contributed by atoms with Gasteiger partial charge in [-0.05, 0) is 61.6 Å². The van der Waals surface area contributed by atoms with Crippen LogP contribution < -0.4 is 9.47 Å². The molecule has 0 radical (unpaired) electrons. The minimum absolute atomic E-state index is 0.163. The number of ether oxygens (including phenoxy) is 3. The second-order valence-corrected chi connectivity index (χ2v) is 13.3. The Balaban J connectivity index is 1.54. The lowest BCUT2D eigenvalue weighted by molar-refractivity contribution is -0.132.